The molecule has 12 nitrogen and oxygen atoms in total. The molecule has 6 unspecified atom stereocenters. The minimum Gasteiger partial charge on any atom is -0.457 e. The maximum Gasteiger partial charge on any atom is 0.397 e. The van der Waals surface area contributed by atoms with Crippen molar-refractivity contribution in [2.24, 2.45) is 0 Å². The van der Waals surface area contributed by atoms with Gasteiger partial charge in [0.2, 0.25) is 0 Å². The fourth-order valence-corrected chi connectivity index (χ4v) is 8.35. The van der Waals surface area contributed by atoms with Crippen molar-refractivity contribution >= 4 is 16.4 Å². The Balaban J connectivity index is 2.38. The van der Waals surface area contributed by atoms with E-state index in [1.807, 2.05) is 6.08 Å². The number of carbonyl (C=O) groups is 1. The maximum absolute atomic E-state index is 12.9. The molecule has 1 rings (SSSR count). The third kappa shape index (κ3) is 42.7. The number of aliphatic hydroxyl groups excluding tert-OH is 3. The first-order valence-corrected chi connectivity index (χ1v) is 29.7. The van der Waals surface area contributed by atoms with E-state index in [1.165, 1.54) is 77.0 Å². The number of esters is 1. The summed E-state index contributed by atoms with van der Waals surface area (Å²) in [6.07, 6.45) is 63.8. The summed E-state index contributed by atoms with van der Waals surface area (Å²) in [5.74, 6) is -0.462. The molecule has 0 spiro atoms. The Kier molecular flexibility index (Phi) is 46.6. The van der Waals surface area contributed by atoms with Crippen LogP contribution in [0.2, 0.25) is 0 Å². The molecule has 0 aromatic rings. The fraction of sp³-hybridized carbons (Fsp3) is 0.656. The average Bonchev–Trinajstić information content (AvgIpc) is 3.38. The van der Waals surface area contributed by atoms with Gasteiger partial charge in [0.1, 0.15) is 30.5 Å². The van der Waals surface area contributed by atoms with E-state index in [2.05, 4.69) is 133 Å². The molecule has 422 valence electrons. The number of unbranched alkanes of at least 4 members (excludes halogenated alkanes) is 15. The summed E-state index contributed by atoms with van der Waals surface area (Å²) in [5.41, 5.74) is 0. The minimum absolute atomic E-state index is 0.000258. The quantitative estimate of drug-likeness (QED) is 0.0196. The zero-order valence-electron chi connectivity index (χ0n) is 45.6. The van der Waals surface area contributed by atoms with E-state index in [9.17, 15) is 33.1 Å². The van der Waals surface area contributed by atoms with Crippen LogP contribution in [0.4, 0.5) is 0 Å². The smallest absolute Gasteiger partial charge is 0.397 e. The molecule has 74 heavy (non-hydrogen) atoms. The van der Waals surface area contributed by atoms with Gasteiger partial charge in [0, 0.05) is 13.0 Å². The molecule has 1 fully saturated rings. The van der Waals surface area contributed by atoms with Crippen LogP contribution in [0.3, 0.4) is 0 Å². The highest BCUT2D eigenvalue weighted by Gasteiger charge is 2.48. The Morgan fingerprint density at radius 2 is 0.932 bits per heavy atom. The van der Waals surface area contributed by atoms with Gasteiger partial charge in [-0.25, -0.2) is 4.18 Å². The maximum atomic E-state index is 12.9. The van der Waals surface area contributed by atoms with Crippen LogP contribution >= 0.6 is 0 Å². The molecular formula is C61H100O12S. The lowest BCUT2D eigenvalue weighted by Crippen LogP contribution is -2.60. The summed E-state index contributed by atoms with van der Waals surface area (Å²) >= 11 is 0. The molecule has 0 aliphatic carbocycles. The van der Waals surface area contributed by atoms with Gasteiger partial charge < -0.3 is 34.3 Å². The Labute approximate surface area is 449 Å². The lowest BCUT2D eigenvalue weighted by atomic mass is 9.99. The number of carbonyl (C=O) groups excluding carboxylic acids is 1. The molecule has 4 N–H and O–H groups in total. The fourth-order valence-electron chi connectivity index (χ4n) is 7.84. The first-order valence-electron chi connectivity index (χ1n) is 28.3. The van der Waals surface area contributed by atoms with Crippen molar-refractivity contribution in [3.05, 3.63) is 122 Å². The molecular weight excluding hydrogens is 957 g/mol. The molecule has 0 aromatic heterocycles. The van der Waals surface area contributed by atoms with Crippen LogP contribution in [0.1, 0.15) is 194 Å². The highest BCUT2D eigenvalue weighted by molar-refractivity contribution is 7.80. The summed E-state index contributed by atoms with van der Waals surface area (Å²) in [6.45, 7) is 3.77. The molecule has 0 bridgehead atoms. The highest BCUT2D eigenvalue weighted by atomic mass is 32.3. The second-order valence-corrected chi connectivity index (χ2v) is 19.8. The van der Waals surface area contributed by atoms with Gasteiger partial charge in [-0.05, 0) is 103 Å². The first kappa shape index (κ1) is 68.5. The van der Waals surface area contributed by atoms with E-state index in [0.717, 1.165) is 83.5 Å². The van der Waals surface area contributed by atoms with E-state index in [1.54, 1.807) is 0 Å². The molecule has 1 aliphatic rings. The number of allylic oxidation sites excluding steroid dienone is 20. The third-order valence-corrected chi connectivity index (χ3v) is 12.5. The molecule has 0 aromatic carbocycles. The van der Waals surface area contributed by atoms with Crippen LogP contribution in [0.5, 0.6) is 0 Å². The number of rotatable bonds is 48. The summed E-state index contributed by atoms with van der Waals surface area (Å²) in [5, 5.41) is 30.8. The molecule has 6 atom stereocenters. The van der Waals surface area contributed by atoms with Crippen molar-refractivity contribution in [2.75, 3.05) is 26.4 Å². The second-order valence-electron chi connectivity index (χ2n) is 18.8. The van der Waals surface area contributed by atoms with Crippen molar-refractivity contribution in [3.8, 4) is 0 Å². The van der Waals surface area contributed by atoms with Crippen LogP contribution in [0.25, 0.3) is 0 Å². The first-order chi connectivity index (χ1) is 36.1. The molecule has 1 aliphatic heterocycles. The van der Waals surface area contributed by atoms with Crippen molar-refractivity contribution in [3.63, 3.8) is 0 Å². The Bertz CT molecular complexity index is 1740. The van der Waals surface area contributed by atoms with Crippen LogP contribution in [0.15, 0.2) is 122 Å². The second kappa shape index (κ2) is 50.3. The molecule has 0 amide bonds. The van der Waals surface area contributed by atoms with Gasteiger partial charge in [-0.1, -0.05) is 206 Å². The highest BCUT2D eigenvalue weighted by Crippen LogP contribution is 2.26. The molecule has 13 heteroatoms. The van der Waals surface area contributed by atoms with Gasteiger partial charge >= 0.3 is 16.4 Å². The van der Waals surface area contributed by atoms with E-state index in [4.69, 9.17) is 18.9 Å². The Hall–Kier alpha value is -3.50. The van der Waals surface area contributed by atoms with E-state index in [0.29, 0.717) is 19.4 Å². The lowest BCUT2D eigenvalue weighted by molar-refractivity contribution is -0.301. The predicted molar refractivity (Wildman–Crippen MR) is 303 cm³/mol. The zero-order chi connectivity index (χ0) is 53.8. The topological polar surface area (TPSA) is 178 Å². The number of ether oxygens (including phenoxy) is 4. The SMILES string of the molecule is CC/C=C\C/C=C\C/C=C\C/C=C\C/C=C\C/C=C\C/C=C\CCCC(=O)OC(COCCCCCCCCCCC/C=C\C/C=C\C/C=C\CCCCCCC)COC1OC(CO)C(O)C(OS(=O)(=O)O)C1O. The van der Waals surface area contributed by atoms with Gasteiger partial charge in [-0.2, -0.15) is 8.42 Å². The Morgan fingerprint density at radius 3 is 1.36 bits per heavy atom. The average molecular weight is 1060 g/mol. The zero-order valence-corrected chi connectivity index (χ0v) is 46.4. The molecule has 1 saturated heterocycles. The summed E-state index contributed by atoms with van der Waals surface area (Å²) < 4.78 is 59.3. The van der Waals surface area contributed by atoms with E-state index >= 15 is 0 Å². The van der Waals surface area contributed by atoms with Gasteiger partial charge in [0.05, 0.1) is 19.8 Å². The van der Waals surface area contributed by atoms with Crippen LogP contribution in [0, 0.1) is 0 Å². The standard InChI is InChI=1S/C61H100O12S/c1-3-5-7-9-11-13-15-17-19-21-23-25-27-29-31-33-35-37-39-41-43-45-47-49-51-69-53-55(54-70-61-59(65)60(73-74(66,67)68)58(64)56(52-62)72-61)71-57(63)50-48-46-44-42-40-38-36-34-32-30-28-26-24-22-20-18-16-14-12-10-8-6-4-2/h6,8,12,14-15,17-18,20-21,23-24,26-27,29-30,32,36,38,42,44,55-56,58-62,64-65H,3-5,7,9-11,13,16,19,22,25,28,31,33-35,37,39-41,43,45-54H2,1-2H3,(H,66,67,68)/b8-6-,14-12-,17-15-,20-18-,23-21-,26-24-,29-27-,32-30-,38-36-,44-42-. The van der Waals surface area contributed by atoms with Gasteiger partial charge in [-0.15, -0.1) is 0 Å². The third-order valence-electron chi connectivity index (χ3n) is 12.1. The lowest BCUT2D eigenvalue weighted by Gasteiger charge is -2.41. The van der Waals surface area contributed by atoms with Gasteiger partial charge in [-0.3, -0.25) is 9.35 Å². The number of hydrogen-bond acceptors (Lipinski definition) is 11. The summed E-state index contributed by atoms with van der Waals surface area (Å²) in [7, 11) is -5.08. The molecule has 0 radical (unpaired) electrons. The minimum atomic E-state index is -5.08. The van der Waals surface area contributed by atoms with E-state index in [-0.39, 0.29) is 19.6 Å². The monoisotopic (exact) mass is 1060 g/mol. The van der Waals surface area contributed by atoms with Gasteiger partial charge in [0.15, 0.2) is 6.29 Å². The number of aliphatic hydroxyl groups is 3. The van der Waals surface area contributed by atoms with Crippen LogP contribution < -0.4 is 0 Å². The van der Waals surface area contributed by atoms with Crippen molar-refractivity contribution < 1.29 is 56.2 Å². The largest absolute Gasteiger partial charge is 0.457 e. The van der Waals surface area contributed by atoms with Crippen molar-refractivity contribution in [2.45, 2.75) is 230 Å². The predicted octanol–water partition coefficient (Wildman–Crippen LogP) is 14.1. The number of hydrogen-bond donors (Lipinski definition) is 4. The van der Waals surface area contributed by atoms with E-state index < -0.39 is 59.8 Å². The van der Waals surface area contributed by atoms with Crippen LogP contribution in [-0.4, -0.2) is 97.5 Å². The Morgan fingerprint density at radius 1 is 0.527 bits per heavy atom. The van der Waals surface area contributed by atoms with Crippen LogP contribution in [-0.2, 0) is 38.3 Å². The summed E-state index contributed by atoms with van der Waals surface area (Å²) in [4.78, 5) is 12.9. The summed E-state index contributed by atoms with van der Waals surface area (Å²) in [6, 6.07) is 0. The van der Waals surface area contributed by atoms with Gasteiger partial charge in [0.25, 0.3) is 0 Å². The molecule has 0 saturated carbocycles. The van der Waals surface area contributed by atoms with Crippen molar-refractivity contribution in [1.82, 2.24) is 0 Å². The molecule has 1 heterocycles. The van der Waals surface area contributed by atoms with Crippen molar-refractivity contribution in [1.29, 1.82) is 0 Å². The normalized spacial score (nSPS) is 19.7.